The van der Waals surface area contributed by atoms with Gasteiger partial charge in [0, 0.05) is 31.6 Å². The van der Waals surface area contributed by atoms with Gasteiger partial charge in [-0.3, -0.25) is 4.79 Å². The first-order chi connectivity index (χ1) is 11.2. The van der Waals surface area contributed by atoms with E-state index < -0.39 is 0 Å². The van der Waals surface area contributed by atoms with Crippen LogP contribution in [-0.4, -0.2) is 48.2 Å². The van der Waals surface area contributed by atoms with Gasteiger partial charge in [0.1, 0.15) is 11.1 Å². The normalized spacial score (nSPS) is 21.9. The number of pyridine rings is 1. The van der Waals surface area contributed by atoms with Gasteiger partial charge in [0.15, 0.2) is 0 Å². The number of likely N-dealkylation sites (tertiary alicyclic amines) is 1. The second-order valence-electron chi connectivity index (χ2n) is 5.81. The molecule has 1 aromatic rings. The van der Waals surface area contributed by atoms with Crippen molar-refractivity contribution < 1.29 is 14.3 Å². The van der Waals surface area contributed by atoms with Crippen molar-refractivity contribution in [3.8, 4) is 11.9 Å². The minimum absolute atomic E-state index is 0.0356. The number of piperidine rings is 1. The monoisotopic (exact) mass is 335 g/mol. The number of hydrogen-bond donors (Lipinski definition) is 0. The van der Waals surface area contributed by atoms with E-state index in [9.17, 15) is 4.79 Å². The number of halogens is 1. The van der Waals surface area contributed by atoms with Crippen molar-refractivity contribution in [2.75, 3.05) is 26.3 Å². The molecule has 0 radical (unpaired) electrons. The van der Waals surface area contributed by atoms with Crippen LogP contribution in [0.3, 0.4) is 0 Å². The van der Waals surface area contributed by atoms with E-state index >= 15 is 0 Å². The maximum Gasteiger partial charge on any atom is 0.255 e. The second-order valence-corrected chi connectivity index (χ2v) is 6.22. The molecule has 3 heterocycles. The van der Waals surface area contributed by atoms with Crippen molar-refractivity contribution in [3.05, 3.63) is 22.8 Å². The Bertz CT molecular complexity index is 617. The topological polar surface area (TPSA) is 75.5 Å². The molecule has 2 fully saturated rings. The van der Waals surface area contributed by atoms with Crippen LogP contribution in [0.25, 0.3) is 0 Å². The molecule has 2 aliphatic heterocycles. The van der Waals surface area contributed by atoms with Gasteiger partial charge in [-0.15, -0.1) is 0 Å². The average molecular weight is 336 g/mol. The summed E-state index contributed by atoms with van der Waals surface area (Å²) >= 11 is 6.19. The molecular formula is C16H18ClN3O3. The van der Waals surface area contributed by atoms with Gasteiger partial charge in [-0.1, -0.05) is 11.6 Å². The molecule has 0 spiro atoms. The Morgan fingerprint density at radius 2 is 2.22 bits per heavy atom. The van der Waals surface area contributed by atoms with Crippen LogP contribution < -0.4 is 4.74 Å². The molecule has 1 unspecified atom stereocenters. The number of ether oxygens (including phenoxy) is 2. The Morgan fingerprint density at radius 3 is 2.83 bits per heavy atom. The fourth-order valence-corrected chi connectivity index (χ4v) is 3.00. The third kappa shape index (κ3) is 3.74. The molecule has 0 aromatic carbocycles. The van der Waals surface area contributed by atoms with Crippen LogP contribution >= 0.6 is 11.6 Å². The standard InChI is InChI=1S/C16H18ClN3O3/c17-14-7-12(9-19-15(14)23-13-3-6-22-10-13)16(21)20-4-1-11(8-18)2-5-20/h7,9,11,13H,1-6,10H2. The fourth-order valence-electron chi connectivity index (χ4n) is 2.79. The zero-order chi connectivity index (χ0) is 16.2. The zero-order valence-corrected chi connectivity index (χ0v) is 13.5. The average Bonchev–Trinajstić information content (AvgIpc) is 3.09. The van der Waals surface area contributed by atoms with Crippen molar-refractivity contribution in [2.45, 2.75) is 25.4 Å². The highest BCUT2D eigenvalue weighted by molar-refractivity contribution is 6.32. The number of amides is 1. The molecule has 0 bridgehead atoms. The number of nitriles is 1. The van der Waals surface area contributed by atoms with E-state index in [0.29, 0.717) is 55.6 Å². The van der Waals surface area contributed by atoms with E-state index in [0.717, 1.165) is 6.42 Å². The largest absolute Gasteiger partial charge is 0.471 e. The summed E-state index contributed by atoms with van der Waals surface area (Å²) in [7, 11) is 0. The lowest BCUT2D eigenvalue weighted by Crippen LogP contribution is -2.38. The van der Waals surface area contributed by atoms with Crippen LogP contribution in [-0.2, 0) is 4.74 Å². The van der Waals surface area contributed by atoms with Crippen molar-refractivity contribution in [3.63, 3.8) is 0 Å². The first kappa shape index (κ1) is 16.0. The van der Waals surface area contributed by atoms with Gasteiger partial charge >= 0.3 is 0 Å². The van der Waals surface area contributed by atoms with Crippen LogP contribution in [0.1, 0.15) is 29.6 Å². The molecule has 7 heteroatoms. The molecule has 3 rings (SSSR count). The highest BCUT2D eigenvalue weighted by Crippen LogP contribution is 2.26. The lowest BCUT2D eigenvalue weighted by Gasteiger charge is -2.29. The van der Waals surface area contributed by atoms with Gasteiger partial charge in [0.05, 0.1) is 24.8 Å². The van der Waals surface area contributed by atoms with Gasteiger partial charge < -0.3 is 14.4 Å². The van der Waals surface area contributed by atoms with Gasteiger partial charge in [0.2, 0.25) is 5.88 Å². The molecule has 1 aromatic heterocycles. The Hall–Kier alpha value is -1.84. The fraction of sp³-hybridized carbons (Fsp3) is 0.562. The van der Waals surface area contributed by atoms with E-state index in [1.807, 2.05) is 0 Å². The first-order valence-electron chi connectivity index (χ1n) is 7.76. The molecule has 1 atom stereocenters. The Labute approximate surface area is 139 Å². The highest BCUT2D eigenvalue weighted by Gasteiger charge is 2.25. The highest BCUT2D eigenvalue weighted by atomic mass is 35.5. The molecule has 2 saturated heterocycles. The SMILES string of the molecule is N#CC1CCN(C(=O)c2cnc(OC3CCOC3)c(Cl)c2)CC1. The number of carbonyl (C=O) groups is 1. The predicted octanol–water partition coefficient (Wildman–Crippen LogP) is 2.28. The summed E-state index contributed by atoms with van der Waals surface area (Å²) in [6.45, 7) is 2.39. The van der Waals surface area contributed by atoms with Gasteiger partial charge in [-0.05, 0) is 18.9 Å². The summed E-state index contributed by atoms with van der Waals surface area (Å²) in [4.78, 5) is 18.4. The Morgan fingerprint density at radius 1 is 1.43 bits per heavy atom. The Kier molecular flexibility index (Phi) is 4.99. The van der Waals surface area contributed by atoms with E-state index in [1.54, 1.807) is 11.0 Å². The molecule has 23 heavy (non-hydrogen) atoms. The summed E-state index contributed by atoms with van der Waals surface area (Å²) in [5.41, 5.74) is 0.445. The second kappa shape index (κ2) is 7.16. The van der Waals surface area contributed by atoms with Crippen LogP contribution in [0.5, 0.6) is 5.88 Å². The third-order valence-electron chi connectivity index (χ3n) is 4.19. The minimum Gasteiger partial charge on any atom is -0.471 e. The third-order valence-corrected chi connectivity index (χ3v) is 4.46. The number of hydrogen-bond acceptors (Lipinski definition) is 5. The molecule has 0 N–H and O–H groups in total. The number of rotatable bonds is 3. The van der Waals surface area contributed by atoms with Crippen molar-refractivity contribution >= 4 is 17.5 Å². The van der Waals surface area contributed by atoms with E-state index in [4.69, 9.17) is 26.3 Å². The molecule has 6 nitrogen and oxygen atoms in total. The molecule has 0 aliphatic carbocycles. The smallest absolute Gasteiger partial charge is 0.255 e. The molecular weight excluding hydrogens is 318 g/mol. The number of aromatic nitrogens is 1. The van der Waals surface area contributed by atoms with E-state index in [2.05, 4.69) is 11.1 Å². The maximum atomic E-state index is 12.5. The predicted molar refractivity (Wildman–Crippen MR) is 83.3 cm³/mol. The van der Waals surface area contributed by atoms with Crippen LogP contribution in [0.2, 0.25) is 5.02 Å². The summed E-state index contributed by atoms with van der Waals surface area (Å²) in [6.07, 6.45) is 3.70. The van der Waals surface area contributed by atoms with Crippen molar-refractivity contribution in [1.29, 1.82) is 5.26 Å². The van der Waals surface area contributed by atoms with Crippen molar-refractivity contribution in [2.24, 2.45) is 5.92 Å². The zero-order valence-electron chi connectivity index (χ0n) is 12.7. The maximum absolute atomic E-state index is 12.5. The molecule has 122 valence electrons. The Balaban J connectivity index is 1.65. The summed E-state index contributed by atoms with van der Waals surface area (Å²) < 4.78 is 10.9. The van der Waals surface area contributed by atoms with Crippen LogP contribution in [0.15, 0.2) is 12.3 Å². The lowest BCUT2D eigenvalue weighted by atomic mass is 9.98. The minimum atomic E-state index is -0.105. The van der Waals surface area contributed by atoms with Crippen LogP contribution in [0.4, 0.5) is 0 Å². The summed E-state index contributed by atoms with van der Waals surface area (Å²) in [5, 5.41) is 9.24. The first-order valence-corrected chi connectivity index (χ1v) is 8.14. The van der Waals surface area contributed by atoms with Crippen molar-refractivity contribution in [1.82, 2.24) is 9.88 Å². The van der Waals surface area contributed by atoms with Crippen LogP contribution in [0, 0.1) is 17.2 Å². The molecule has 0 saturated carbocycles. The van der Waals surface area contributed by atoms with Gasteiger partial charge in [0.25, 0.3) is 5.91 Å². The summed E-state index contributed by atoms with van der Waals surface area (Å²) in [6, 6.07) is 3.85. The quantitative estimate of drug-likeness (QED) is 0.847. The van der Waals surface area contributed by atoms with E-state index in [1.165, 1.54) is 6.20 Å². The number of nitrogens with zero attached hydrogens (tertiary/aromatic N) is 3. The van der Waals surface area contributed by atoms with Gasteiger partial charge in [-0.25, -0.2) is 4.98 Å². The molecule has 1 amide bonds. The van der Waals surface area contributed by atoms with E-state index in [-0.39, 0.29) is 17.9 Å². The molecule has 2 aliphatic rings. The summed E-state index contributed by atoms with van der Waals surface area (Å²) in [5.74, 6) is 0.276. The number of carbonyl (C=O) groups excluding carboxylic acids is 1. The lowest BCUT2D eigenvalue weighted by molar-refractivity contribution is 0.0706. The van der Waals surface area contributed by atoms with Gasteiger partial charge in [-0.2, -0.15) is 5.26 Å².